The average molecular weight is 351 g/mol. The van der Waals surface area contributed by atoms with E-state index in [9.17, 15) is 0 Å². The summed E-state index contributed by atoms with van der Waals surface area (Å²) in [6, 6.07) is 8.90. The number of hydrogen-bond donors (Lipinski definition) is 1. The second kappa shape index (κ2) is 7.71. The molecule has 114 valence electrons. The second-order valence-electron chi connectivity index (χ2n) is 5.47. The van der Waals surface area contributed by atoms with Crippen molar-refractivity contribution in [2.24, 2.45) is 0 Å². The number of aromatic nitrogens is 3. The number of benzene rings is 1. The van der Waals surface area contributed by atoms with Crippen molar-refractivity contribution < 1.29 is 0 Å². The number of likely N-dealkylation sites (N-methyl/N-ethyl adjacent to an activating group) is 1. The summed E-state index contributed by atoms with van der Waals surface area (Å²) < 4.78 is 3.12. The summed E-state index contributed by atoms with van der Waals surface area (Å²) in [7, 11) is 0. The van der Waals surface area contributed by atoms with Crippen LogP contribution in [0.4, 0.5) is 0 Å². The van der Waals surface area contributed by atoms with Crippen molar-refractivity contribution in [1.29, 1.82) is 0 Å². The predicted octanol–water partition coefficient (Wildman–Crippen LogP) is 3.56. The van der Waals surface area contributed by atoms with Crippen LogP contribution in [0.25, 0.3) is 0 Å². The molecule has 0 saturated heterocycles. The zero-order valence-corrected chi connectivity index (χ0v) is 14.5. The van der Waals surface area contributed by atoms with Gasteiger partial charge in [-0.05, 0) is 38.1 Å². The molecule has 21 heavy (non-hydrogen) atoms. The van der Waals surface area contributed by atoms with Crippen LogP contribution in [0.5, 0.6) is 0 Å². The molecule has 0 saturated carbocycles. The molecule has 0 fully saturated rings. The van der Waals surface area contributed by atoms with E-state index in [1.165, 1.54) is 5.56 Å². The van der Waals surface area contributed by atoms with Crippen molar-refractivity contribution in [3.63, 3.8) is 0 Å². The van der Waals surface area contributed by atoms with Crippen LogP contribution in [0, 0.1) is 0 Å². The highest BCUT2D eigenvalue weighted by Gasteiger charge is 2.17. The Kier molecular flexibility index (Phi) is 5.94. The summed E-state index contributed by atoms with van der Waals surface area (Å²) in [5.41, 5.74) is 1.33. The fraction of sp³-hybridized carbons (Fsp3) is 0.500. The third kappa shape index (κ3) is 4.38. The molecule has 1 N–H and O–H groups in total. The summed E-state index contributed by atoms with van der Waals surface area (Å²) in [6.45, 7) is 8.33. The molecule has 1 aromatic heterocycles. The lowest BCUT2D eigenvalue weighted by atomic mass is 9.95. The highest BCUT2D eigenvalue weighted by atomic mass is 79.9. The molecule has 1 unspecified atom stereocenters. The second-order valence-corrected chi connectivity index (χ2v) is 6.39. The Morgan fingerprint density at radius 1 is 1.24 bits per heavy atom. The first-order valence-electron chi connectivity index (χ1n) is 7.46. The van der Waals surface area contributed by atoms with Gasteiger partial charge in [-0.1, -0.05) is 35.0 Å². The first-order chi connectivity index (χ1) is 10.1. The molecule has 1 atom stereocenters. The standard InChI is InChI=1S/C16H23BrN4/c1-4-18-10-14(13-5-7-15(17)8-6-13)9-16-19-11-20-21(16)12(2)3/h5-8,11-12,14,18H,4,9-10H2,1-3H3. The number of nitrogens with zero attached hydrogens (tertiary/aromatic N) is 3. The number of hydrogen-bond acceptors (Lipinski definition) is 3. The third-order valence-corrected chi connectivity index (χ3v) is 4.08. The van der Waals surface area contributed by atoms with Crippen LogP contribution in [0.3, 0.4) is 0 Å². The molecule has 0 radical (unpaired) electrons. The largest absolute Gasteiger partial charge is 0.316 e. The zero-order valence-electron chi connectivity index (χ0n) is 12.9. The molecule has 1 heterocycles. The van der Waals surface area contributed by atoms with Gasteiger partial charge in [-0.2, -0.15) is 5.10 Å². The minimum atomic E-state index is 0.340. The van der Waals surface area contributed by atoms with Crippen LogP contribution in [-0.4, -0.2) is 27.9 Å². The molecule has 2 rings (SSSR count). The van der Waals surface area contributed by atoms with Gasteiger partial charge in [0.15, 0.2) is 0 Å². The summed E-state index contributed by atoms with van der Waals surface area (Å²) >= 11 is 3.50. The molecule has 0 spiro atoms. The van der Waals surface area contributed by atoms with Crippen molar-refractivity contribution >= 4 is 15.9 Å². The van der Waals surface area contributed by atoms with Gasteiger partial charge in [0.05, 0.1) is 0 Å². The van der Waals surface area contributed by atoms with Crippen molar-refractivity contribution in [3.8, 4) is 0 Å². The van der Waals surface area contributed by atoms with E-state index >= 15 is 0 Å². The molecular weight excluding hydrogens is 328 g/mol. The third-order valence-electron chi connectivity index (χ3n) is 3.55. The minimum Gasteiger partial charge on any atom is -0.316 e. The summed E-state index contributed by atoms with van der Waals surface area (Å²) in [5.74, 6) is 1.45. The summed E-state index contributed by atoms with van der Waals surface area (Å²) in [4.78, 5) is 4.44. The first kappa shape index (κ1) is 16.2. The molecule has 1 aromatic carbocycles. The Labute approximate surface area is 135 Å². The minimum absolute atomic E-state index is 0.340. The van der Waals surface area contributed by atoms with E-state index in [1.807, 2.05) is 4.68 Å². The Morgan fingerprint density at radius 2 is 1.95 bits per heavy atom. The van der Waals surface area contributed by atoms with Gasteiger partial charge in [0.25, 0.3) is 0 Å². The lowest BCUT2D eigenvalue weighted by molar-refractivity contribution is 0.484. The highest BCUT2D eigenvalue weighted by molar-refractivity contribution is 9.10. The fourth-order valence-corrected chi connectivity index (χ4v) is 2.70. The molecule has 4 nitrogen and oxygen atoms in total. The van der Waals surface area contributed by atoms with Gasteiger partial charge < -0.3 is 5.32 Å². The van der Waals surface area contributed by atoms with Crippen LogP contribution >= 0.6 is 15.9 Å². The normalized spacial score (nSPS) is 12.8. The van der Waals surface area contributed by atoms with E-state index in [-0.39, 0.29) is 0 Å². The van der Waals surface area contributed by atoms with Gasteiger partial charge >= 0.3 is 0 Å². The predicted molar refractivity (Wildman–Crippen MR) is 89.5 cm³/mol. The summed E-state index contributed by atoms with van der Waals surface area (Å²) in [6.07, 6.45) is 2.55. The molecule has 0 aliphatic rings. The Hall–Kier alpha value is -1.20. The number of nitrogens with one attached hydrogen (secondary N) is 1. The van der Waals surface area contributed by atoms with E-state index in [0.717, 1.165) is 29.8 Å². The van der Waals surface area contributed by atoms with E-state index in [2.05, 4.69) is 76.4 Å². The molecule has 0 aliphatic heterocycles. The highest BCUT2D eigenvalue weighted by Crippen LogP contribution is 2.22. The van der Waals surface area contributed by atoms with Crippen LogP contribution in [-0.2, 0) is 6.42 Å². The van der Waals surface area contributed by atoms with Crippen molar-refractivity contribution in [1.82, 2.24) is 20.1 Å². The Morgan fingerprint density at radius 3 is 2.57 bits per heavy atom. The molecule has 5 heteroatoms. The average Bonchev–Trinajstić information content (AvgIpc) is 2.93. The monoisotopic (exact) mass is 350 g/mol. The van der Waals surface area contributed by atoms with Crippen LogP contribution < -0.4 is 5.32 Å². The fourth-order valence-electron chi connectivity index (χ4n) is 2.43. The van der Waals surface area contributed by atoms with Gasteiger partial charge in [-0.15, -0.1) is 0 Å². The Bertz CT molecular complexity index is 548. The van der Waals surface area contributed by atoms with Gasteiger partial charge in [-0.25, -0.2) is 9.67 Å². The number of halogens is 1. The van der Waals surface area contributed by atoms with E-state index < -0.39 is 0 Å². The molecule has 2 aromatic rings. The summed E-state index contributed by atoms with van der Waals surface area (Å²) in [5, 5.41) is 7.79. The zero-order chi connectivity index (χ0) is 15.2. The lowest BCUT2D eigenvalue weighted by Crippen LogP contribution is -2.24. The molecule has 0 amide bonds. The maximum atomic E-state index is 4.44. The van der Waals surface area contributed by atoms with Crippen LogP contribution in [0.2, 0.25) is 0 Å². The van der Waals surface area contributed by atoms with Crippen molar-refractivity contribution in [2.45, 2.75) is 39.2 Å². The van der Waals surface area contributed by atoms with Gasteiger partial charge in [0, 0.05) is 29.4 Å². The first-order valence-corrected chi connectivity index (χ1v) is 8.25. The quantitative estimate of drug-likeness (QED) is 0.830. The Balaban J connectivity index is 2.19. The van der Waals surface area contributed by atoms with E-state index in [0.29, 0.717) is 12.0 Å². The number of rotatable bonds is 7. The van der Waals surface area contributed by atoms with Crippen molar-refractivity contribution in [2.75, 3.05) is 13.1 Å². The van der Waals surface area contributed by atoms with Gasteiger partial charge in [-0.3, -0.25) is 0 Å². The van der Waals surface area contributed by atoms with E-state index in [1.54, 1.807) is 6.33 Å². The maximum Gasteiger partial charge on any atom is 0.138 e. The van der Waals surface area contributed by atoms with Crippen LogP contribution in [0.15, 0.2) is 35.1 Å². The van der Waals surface area contributed by atoms with Crippen molar-refractivity contribution in [3.05, 3.63) is 46.5 Å². The molecule has 0 bridgehead atoms. The van der Waals surface area contributed by atoms with Gasteiger partial charge in [0.2, 0.25) is 0 Å². The van der Waals surface area contributed by atoms with Gasteiger partial charge in [0.1, 0.15) is 12.2 Å². The SMILES string of the molecule is CCNCC(Cc1ncnn1C(C)C)c1ccc(Br)cc1. The maximum absolute atomic E-state index is 4.44. The van der Waals surface area contributed by atoms with Crippen LogP contribution in [0.1, 0.15) is 44.1 Å². The molecular formula is C16H23BrN4. The topological polar surface area (TPSA) is 42.7 Å². The lowest BCUT2D eigenvalue weighted by Gasteiger charge is -2.19. The smallest absolute Gasteiger partial charge is 0.138 e. The van der Waals surface area contributed by atoms with E-state index in [4.69, 9.17) is 0 Å². The molecule has 0 aliphatic carbocycles.